The number of rotatable bonds is 10. The number of likely N-dealkylation sites (tertiary alicyclic amines) is 2. The summed E-state index contributed by atoms with van der Waals surface area (Å²) in [5.74, 6) is 2.98. The molecule has 0 atom stereocenters. The van der Waals surface area contributed by atoms with Crippen molar-refractivity contribution in [3.05, 3.63) is 36.0 Å². The van der Waals surface area contributed by atoms with E-state index in [1.165, 1.54) is 25.9 Å². The summed E-state index contributed by atoms with van der Waals surface area (Å²) in [4.78, 5) is 24.9. The van der Waals surface area contributed by atoms with Crippen molar-refractivity contribution in [3.8, 4) is 5.75 Å². The molecule has 2 fully saturated rings. The minimum Gasteiger partial charge on any atom is -0.493 e. The SMILES string of the molecule is CC(=O)N1CCC(CNc2ccnc(Nc3ccc(C)c(OCCCN4CCCC4)c3)n2)CC1. The number of anilines is 3. The molecule has 8 nitrogen and oxygen atoms in total. The fourth-order valence-electron chi connectivity index (χ4n) is 4.66. The minimum atomic E-state index is 0.171. The van der Waals surface area contributed by atoms with Crippen LogP contribution in [-0.4, -0.2) is 71.6 Å². The van der Waals surface area contributed by atoms with E-state index >= 15 is 0 Å². The first-order valence-electron chi connectivity index (χ1n) is 12.6. The maximum absolute atomic E-state index is 11.5. The zero-order valence-corrected chi connectivity index (χ0v) is 20.6. The molecule has 2 aromatic rings. The molecule has 0 radical (unpaired) electrons. The van der Waals surface area contributed by atoms with E-state index in [4.69, 9.17) is 4.74 Å². The molecular weight excluding hydrogens is 428 g/mol. The van der Waals surface area contributed by atoms with Crippen LogP contribution in [0.1, 0.15) is 44.6 Å². The predicted molar refractivity (Wildman–Crippen MR) is 136 cm³/mol. The molecule has 34 heavy (non-hydrogen) atoms. The fourth-order valence-corrected chi connectivity index (χ4v) is 4.66. The highest BCUT2D eigenvalue weighted by Gasteiger charge is 2.20. The number of piperidine rings is 1. The van der Waals surface area contributed by atoms with Crippen LogP contribution in [0.2, 0.25) is 0 Å². The Balaban J connectivity index is 1.26. The molecule has 0 spiro atoms. The number of hydrogen-bond acceptors (Lipinski definition) is 7. The largest absolute Gasteiger partial charge is 0.493 e. The molecule has 2 aliphatic heterocycles. The molecule has 3 heterocycles. The molecular formula is C26H38N6O2. The lowest BCUT2D eigenvalue weighted by Crippen LogP contribution is -2.38. The zero-order valence-electron chi connectivity index (χ0n) is 20.6. The van der Waals surface area contributed by atoms with Crippen LogP contribution in [0.25, 0.3) is 0 Å². The van der Waals surface area contributed by atoms with Crippen molar-refractivity contribution < 1.29 is 9.53 Å². The summed E-state index contributed by atoms with van der Waals surface area (Å²) in [6.07, 6.45) is 7.50. The van der Waals surface area contributed by atoms with Crippen molar-refractivity contribution in [3.63, 3.8) is 0 Å². The molecule has 4 rings (SSSR count). The summed E-state index contributed by atoms with van der Waals surface area (Å²) in [5.41, 5.74) is 2.03. The molecule has 0 unspecified atom stereocenters. The molecule has 0 saturated carbocycles. The molecule has 1 aromatic heterocycles. The Labute approximate surface area is 203 Å². The Morgan fingerprint density at radius 2 is 1.94 bits per heavy atom. The number of ether oxygens (including phenoxy) is 1. The number of nitrogens with zero attached hydrogens (tertiary/aromatic N) is 4. The number of carbonyl (C=O) groups excluding carboxylic acids is 1. The minimum absolute atomic E-state index is 0.171. The van der Waals surface area contributed by atoms with Crippen LogP contribution in [0, 0.1) is 12.8 Å². The first-order chi connectivity index (χ1) is 16.6. The third kappa shape index (κ3) is 7.06. The van der Waals surface area contributed by atoms with Crippen LogP contribution in [0.15, 0.2) is 30.5 Å². The van der Waals surface area contributed by atoms with Gasteiger partial charge in [0.1, 0.15) is 11.6 Å². The highest BCUT2D eigenvalue weighted by Crippen LogP contribution is 2.25. The second-order valence-electron chi connectivity index (χ2n) is 9.45. The van der Waals surface area contributed by atoms with Crippen molar-refractivity contribution in [1.29, 1.82) is 0 Å². The van der Waals surface area contributed by atoms with E-state index < -0.39 is 0 Å². The highest BCUT2D eigenvalue weighted by molar-refractivity contribution is 5.73. The number of carbonyl (C=O) groups is 1. The monoisotopic (exact) mass is 466 g/mol. The van der Waals surface area contributed by atoms with Gasteiger partial charge in [0.05, 0.1) is 6.61 Å². The fraction of sp³-hybridized carbons (Fsp3) is 0.577. The van der Waals surface area contributed by atoms with Gasteiger partial charge in [-0.2, -0.15) is 4.98 Å². The average molecular weight is 467 g/mol. The molecule has 1 amide bonds. The van der Waals surface area contributed by atoms with Crippen LogP contribution < -0.4 is 15.4 Å². The van der Waals surface area contributed by atoms with E-state index in [1.807, 2.05) is 23.1 Å². The van der Waals surface area contributed by atoms with Gasteiger partial charge < -0.3 is 25.2 Å². The van der Waals surface area contributed by atoms with Crippen molar-refractivity contribution in [2.24, 2.45) is 5.92 Å². The third-order valence-electron chi connectivity index (χ3n) is 6.81. The van der Waals surface area contributed by atoms with E-state index in [-0.39, 0.29) is 5.91 Å². The zero-order chi connectivity index (χ0) is 23.8. The van der Waals surface area contributed by atoms with Gasteiger partial charge in [-0.05, 0) is 75.7 Å². The normalized spacial score (nSPS) is 17.1. The summed E-state index contributed by atoms with van der Waals surface area (Å²) < 4.78 is 6.08. The lowest BCUT2D eigenvalue weighted by atomic mass is 9.97. The standard InChI is InChI=1S/C26H38N6O2/c1-20-6-7-23(18-24(20)34-17-5-14-31-12-3-4-13-31)29-26-27-11-8-25(30-26)28-19-22-9-15-32(16-10-22)21(2)33/h6-8,11,18,22H,3-5,9-10,12-17,19H2,1-2H3,(H2,27,28,29,30). The van der Waals surface area contributed by atoms with Crippen molar-refractivity contribution in [2.75, 3.05) is 56.5 Å². The Hall–Kier alpha value is -2.87. The molecule has 2 aliphatic rings. The number of benzene rings is 1. The molecule has 2 N–H and O–H groups in total. The quantitative estimate of drug-likeness (QED) is 0.511. The Kier molecular flexibility index (Phi) is 8.57. The second kappa shape index (κ2) is 12.0. The van der Waals surface area contributed by atoms with Gasteiger partial charge in [-0.1, -0.05) is 6.07 Å². The van der Waals surface area contributed by atoms with Crippen LogP contribution in [-0.2, 0) is 4.79 Å². The predicted octanol–water partition coefficient (Wildman–Crippen LogP) is 4.06. The van der Waals surface area contributed by atoms with Crippen LogP contribution in [0.4, 0.5) is 17.5 Å². The van der Waals surface area contributed by atoms with Gasteiger partial charge in [0.15, 0.2) is 0 Å². The summed E-state index contributed by atoms with van der Waals surface area (Å²) in [5, 5.41) is 6.75. The van der Waals surface area contributed by atoms with Crippen molar-refractivity contribution >= 4 is 23.4 Å². The Bertz CT molecular complexity index is 939. The van der Waals surface area contributed by atoms with Crippen LogP contribution in [0.3, 0.4) is 0 Å². The summed E-state index contributed by atoms with van der Waals surface area (Å²) in [7, 11) is 0. The summed E-state index contributed by atoms with van der Waals surface area (Å²) >= 11 is 0. The molecule has 8 heteroatoms. The van der Waals surface area contributed by atoms with Crippen molar-refractivity contribution in [1.82, 2.24) is 19.8 Å². The van der Waals surface area contributed by atoms with E-state index in [1.54, 1.807) is 13.1 Å². The lowest BCUT2D eigenvalue weighted by molar-refractivity contribution is -0.130. The van der Waals surface area contributed by atoms with E-state index in [2.05, 4.69) is 38.5 Å². The smallest absolute Gasteiger partial charge is 0.229 e. The average Bonchev–Trinajstić information content (AvgIpc) is 3.36. The van der Waals surface area contributed by atoms with Gasteiger partial charge in [-0.15, -0.1) is 0 Å². The third-order valence-corrected chi connectivity index (χ3v) is 6.81. The molecule has 184 valence electrons. The molecule has 0 aliphatic carbocycles. The number of hydrogen-bond donors (Lipinski definition) is 2. The number of aromatic nitrogens is 2. The number of amides is 1. The Morgan fingerprint density at radius 3 is 2.71 bits per heavy atom. The molecule has 0 bridgehead atoms. The van der Waals surface area contributed by atoms with Gasteiger partial charge in [0.2, 0.25) is 11.9 Å². The highest BCUT2D eigenvalue weighted by atomic mass is 16.5. The first kappa shape index (κ1) is 24.3. The van der Waals surface area contributed by atoms with Crippen LogP contribution in [0.5, 0.6) is 5.75 Å². The van der Waals surface area contributed by atoms with Gasteiger partial charge in [-0.25, -0.2) is 4.98 Å². The Morgan fingerprint density at radius 1 is 1.15 bits per heavy atom. The molecule has 2 saturated heterocycles. The first-order valence-corrected chi connectivity index (χ1v) is 12.6. The van der Waals surface area contributed by atoms with Crippen LogP contribution >= 0.6 is 0 Å². The number of nitrogens with one attached hydrogen (secondary N) is 2. The lowest BCUT2D eigenvalue weighted by Gasteiger charge is -2.31. The number of aryl methyl sites for hydroxylation is 1. The van der Waals surface area contributed by atoms with Gasteiger partial charge in [-0.3, -0.25) is 4.79 Å². The maximum atomic E-state index is 11.5. The summed E-state index contributed by atoms with van der Waals surface area (Å²) in [6, 6.07) is 8.00. The van der Waals surface area contributed by atoms with E-state index in [9.17, 15) is 4.79 Å². The maximum Gasteiger partial charge on any atom is 0.229 e. The van der Waals surface area contributed by atoms with Gasteiger partial charge >= 0.3 is 0 Å². The molecule has 1 aromatic carbocycles. The second-order valence-corrected chi connectivity index (χ2v) is 9.45. The van der Waals surface area contributed by atoms with E-state index in [0.717, 1.165) is 74.9 Å². The summed E-state index contributed by atoms with van der Waals surface area (Å²) in [6.45, 7) is 10.5. The topological polar surface area (TPSA) is 82.6 Å². The van der Waals surface area contributed by atoms with E-state index in [0.29, 0.717) is 11.9 Å². The van der Waals surface area contributed by atoms with Gasteiger partial charge in [0, 0.05) is 51.1 Å². The van der Waals surface area contributed by atoms with Gasteiger partial charge in [0.25, 0.3) is 0 Å². The van der Waals surface area contributed by atoms with Crippen molar-refractivity contribution in [2.45, 2.75) is 46.0 Å².